The van der Waals surface area contributed by atoms with Crippen molar-refractivity contribution in [1.29, 1.82) is 0 Å². The molecule has 0 bridgehead atoms. The normalized spacial score (nSPS) is 28.3. The van der Waals surface area contributed by atoms with Crippen molar-refractivity contribution < 1.29 is 0 Å². The lowest BCUT2D eigenvalue weighted by Gasteiger charge is -2.36. The first-order valence-electron chi connectivity index (χ1n) is 8.19. The predicted molar refractivity (Wildman–Crippen MR) is 86.7 cm³/mol. The summed E-state index contributed by atoms with van der Waals surface area (Å²) in [6.45, 7) is 6.79. The summed E-state index contributed by atoms with van der Waals surface area (Å²) in [5.41, 5.74) is 9.20. The molecule has 3 N–H and O–H groups in total. The molecular weight excluding hydrogens is 244 g/mol. The van der Waals surface area contributed by atoms with E-state index in [0.717, 1.165) is 12.3 Å². The second-order valence-corrected chi connectivity index (χ2v) is 6.55. The van der Waals surface area contributed by atoms with E-state index >= 15 is 0 Å². The average molecular weight is 274 g/mol. The van der Waals surface area contributed by atoms with Gasteiger partial charge in [-0.15, -0.1) is 0 Å². The lowest BCUT2D eigenvalue weighted by Crippen LogP contribution is -2.49. The molecule has 2 rings (SSSR count). The first-order valence-corrected chi connectivity index (χ1v) is 8.19. The lowest BCUT2D eigenvalue weighted by molar-refractivity contribution is 0.248. The minimum atomic E-state index is 0.308. The average Bonchev–Trinajstić information content (AvgIpc) is 2.42. The minimum absolute atomic E-state index is 0.308. The van der Waals surface area contributed by atoms with Gasteiger partial charge in [-0.3, -0.25) is 0 Å². The fourth-order valence-electron chi connectivity index (χ4n) is 3.49. The molecule has 0 aromatic heterocycles. The predicted octanol–water partition coefficient (Wildman–Crippen LogP) is 3.94. The second-order valence-electron chi connectivity index (χ2n) is 6.55. The zero-order valence-corrected chi connectivity index (χ0v) is 13.2. The van der Waals surface area contributed by atoms with Crippen LogP contribution in [-0.2, 0) is 0 Å². The summed E-state index contributed by atoms with van der Waals surface area (Å²) in [5, 5.41) is 3.86. The summed E-state index contributed by atoms with van der Waals surface area (Å²) < 4.78 is 0. The molecule has 1 aliphatic carbocycles. The van der Waals surface area contributed by atoms with Crippen LogP contribution in [0, 0.1) is 12.8 Å². The van der Waals surface area contributed by atoms with Gasteiger partial charge in [0.05, 0.1) is 0 Å². The van der Waals surface area contributed by atoms with E-state index in [1.165, 1.54) is 36.8 Å². The topological polar surface area (TPSA) is 38.0 Å². The van der Waals surface area contributed by atoms with Crippen molar-refractivity contribution in [2.24, 2.45) is 11.7 Å². The molecule has 1 saturated carbocycles. The smallest absolute Gasteiger partial charge is 0.0325 e. The Morgan fingerprint density at radius 1 is 1.30 bits per heavy atom. The molecule has 0 radical (unpaired) electrons. The number of rotatable bonds is 5. The Balaban J connectivity index is 2.08. The Morgan fingerprint density at radius 3 is 2.70 bits per heavy atom. The molecule has 0 heterocycles. The van der Waals surface area contributed by atoms with Crippen molar-refractivity contribution in [3.8, 4) is 0 Å². The second kappa shape index (κ2) is 7.24. The van der Waals surface area contributed by atoms with Gasteiger partial charge in [-0.25, -0.2) is 0 Å². The molecule has 2 nitrogen and oxygen atoms in total. The molecule has 112 valence electrons. The number of nitrogens with one attached hydrogen (secondary N) is 1. The van der Waals surface area contributed by atoms with Crippen molar-refractivity contribution in [1.82, 2.24) is 5.32 Å². The van der Waals surface area contributed by atoms with E-state index in [0.29, 0.717) is 18.1 Å². The summed E-state index contributed by atoms with van der Waals surface area (Å²) in [5.74, 6) is 0.783. The molecule has 0 spiro atoms. The molecule has 1 aliphatic rings. The number of hydrogen-bond donors (Lipinski definition) is 2. The molecule has 0 aliphatic heterocycles. The summed E-state index contributed by atoms with van der Waals surface area (Å²) in [4.78, 5) is 0. The maximum Gasteiger partial charge on any atom is 0.0325 e. The fraction of sp³-hybridized carbons (Fsp3) is 0.667. The van der Waals surface area contributed by atoms with Gasteiger partial charge in [-0.1, -0.05) is 44.5 Å². The van der Waals surface area contributed by atoms with E-state index in [9.17, 15) is 0 Å². The van der Waals surface area contributed by atoms with Gasteiger partial charge < -0.3 is 11.1 Å². The van der Waals surface area contributed by atoms with Gasteiger partial charge in [-0.2, -0.15) is 0 Å². The quantitative estimate of drug-likeness (QED) is 0.853. The molecule has 0 amide bonds. The summed E-state index contributed by atoms with van der Waals surface area (Å²) in [7, 11) is 0. The third kappa shape index (κ3) is 3.83. The maximum atomic E-state index is 6.37. The Hall–Kier alpha value is -0.860. The van der Waals surface area contributed by atoms with Crippen molar-refractivity contribution >= 4 is 0 Å². The number of aryl methyl sites for hydroxylation is 1. The number of nitrogens with two attached hydrogens (primary N) is 1. The highest BCUT2D eigenvalue weighted by Crippen LogP contribution is 2.28. The van der Waals surface area contributed by atoms with E-state index in [-0.39, 0.29) is 0 Å². The van der Waals surface area contributed by atoms with Crippen molar-refractivity contribution in [2.75, 3.05) is 0 Å². The molecule has 2 heteroatoms. The molecule has 20 heavy (non-hydrogen) atoms. The molecule has 0 saturated heterocycles. The highest BCUT2D eigenvalue weighted by Gasteiger charge is 2.28. The zero-order chi connectivity index (χ0) is 14.5. The summed E-state index contributed by atoms with van der Waals surface area (Å²) >= 11 is 0. The van der Waals surface area contributed by atoms with Crippen molar-refractivity contribution in [3.05, 3.63) is 35.4 Å². The van der Waals surface area contributed by atoms with Gasteiger partial charge in [0.25, 0.3) is 0 Å². The zero-order valence-electron chi connectivity index (χ0n) is 13.2. The SMILES string of the molecule is CCCC(NC1CCC(C)CC1N)c1ccccc1C. The number of benzene rings is 1. The largest absolute Gasteiger partial charge is 0.326 e. The van der Waals surface area contributed by atoms with Gasteiger partial charge in [0.1, 0.15) is 0 Å². The van der Waals surface area contributed by atoms with Crippen molar-refractivity contribution in [3.63, 3.8) is 0 Å². The van der Waals surface area contributed by atoms with Crippen LogP contribution in [0.5, 0.6) is 0 Å². The lowest BCUT2D eigenvalue weighted by atomic mass is 9.83. The van der Waals surface area contributed by atoms with Crippen LogP contribution in [0.1, 0.15) is 63.1 Å². The van der Waals surface area contributed by atoms with Crippen molar-refractivity contribution in [2.45, 2.75) is 71.0 Å². The van der Waals surface area contributed by atoms with Crippen LogP contribution >= 0.6 is 0 Å². The third-order valence-electron chi connectivity index (χ3n) is 4.72. The Labute approximate surface area is 124 Å². The Kier molecular flexibility index (Phi) is 5.62. The minimum Gasteiger partial charge on any atom is -0.326 e. The Bertz CT molecular complexity index is 416. The number of hydrogen-bond acceptors (Lipinski definition) is 2. The van der Waals surface area contributed by atoms with Gasteiger partial charge >= 0.3 is 0 Å². The van der Waals surface area contributed by atoms with Crippen LogP contribution < -0.4 is 11.1 Å². The maximum absolute atomic E-state index is 6.37. The highest BCUT2D eigenvalue weighted by molar-refractivity contribution is 5.28. The van der Waals surface area contributed by atoms with Gasteiger partial charge in [0.2, 0.25) is 0 Å². The van der Waals surface area contributed by atoms with Crippen LogP contribution in [0.15, 0.2) is 24.3 Å². The molecular formula is C18H30N2. The fourth-order valence-corrected chi connectivity index (χ4v) is 3.49. The molecule has 4 atom stereocenters. The molecule has 1 aromatic carbocycles. The summed E-state index contributed by atoms with van der Waals surface area (Å²) in [6, 6.07) is 9.98. The standard InChI is InChI=1S/C18H30N2/c1-4-7-17(15-9-6-5-8-14(15)3)20-18-11-10-13(2)12-16(18)19/h5-6,8-9,13,16-18,20H,4,7,10-12,19H2,1-3H3. The van der Waals surface area contributed by atoms with E-state index in [2.05, 4.69) is 50.4 Å². The van der Waals surface area contributed by atoms with E-state index in [4.69, 9.17) is 5.73 Å². The Morgan fingerprint density at radius 2 is 2.05 bits per heavy atom. The van der Waals surface area contributed by atoms with Gasteiger partial charge in [0, 0.05) is 18.1 Å². The third-order valence-corrected chi connectivity index (χ3v) is 4.72. The van der Waals surface area contributed by atoms with E-state index in [1.807, 2.05) is 0 Å². The van der Waals surface area contributed by atoms with Gasteiger partial charge in [0.15, 0.2) is 0 Å². The van der Waals surface area contributed by atoms with Crippen LogP contribution in [0.3, 0.4) is 0 Å². The van der Waals surface area contributed by atoms with Crippen LogP contribution in [0.4, 0.5) is 0 Å². The molecule has 4 unspecified atom stereocenters. The summed E-state index contributed by atoms with van der Waals surface area (Å²) in [6.07, 6.45) is 6.06. The highest BCUT2D eigenvalue weighted by atomic mass is 15.0. The molecule has 1 fully saturated rings. The van der Waals surface area contributed by atoms with Crippen LogP contribution in [-0.4, -0.2) is 12.1 Å². The van der Waals surface area contributed by atoms with Crippen LogP contribution in [0.25, 0.3) is 0 Å². The van der Waals surface area contributed by atoms with E-state index in [1.54, 1.807) is 0 Å². The van der Waals surface area contributed by atoms with Gasteiger partial charge in [-0.05, 0) is 49.7 Å². The first kappa shape index (κ1) is 15.5. The monoisotopic (exact) mass is 274 g/mol. The van der Waals surface area contributed by atoms with Crippen LogP contribution in [0.2, 0.25) is 0 Å². The van der Waals surface area contributed by atoms with E-state index < -0.39 is 0 Å². The molecule has 1 aromatic rings. The first-order chi connectivity index (χ1) is 9.61.